The van der Waals surface area contributed by atoms with E-state index in [-0.39, 0.29) is 11.6 Å². The van der Waals surface area contributed by atoms with Crippen LogP contribution in [0.2, 0.25) is 0 Å². The summed E-state index contributed by atoms with van der Waals surface area (Å²) in [7, 11) is 0. The average molecular weight is 425 g/mol. The van der Waals surface area contributed by atoms with Gasteiger partial charge in [0.25, 0.3) is 0 Å². The van der Waals surface area contributed by atoms with Crippen molar-refractivity contribution < 1.29 is 9.59 Å². The number of fused-ring (bicyclic) bond motifs is 1. The molecule has 4 nitrogen and oxygen atoms in total. The molecule has 5 rings (SSSR count). The van der Waals surface area contributed by atoms with Crippen LogP contribution in [0.5, 0.6) is 0 Å². The van der Waals surface area contributed by atoms with Gasteiger partial charge in [-0.1, -0.05) is 78.4 Å². The third kappa shape index (κ3) is 3.22. The monoisotopic (exact) mass is 424 g/mol. The molecule has 4 heteroatoms. The predicted molar refractivity (Wildman–Crippen MR) is 126 cm³/mol. The van der Waals surface area contributed by atoms with Gasteiger partial charge in [-0.2, -0.15) is 0 Å². The standard InChI is InChI=1S/C28H28N2O2/c1-20-11-13-23(14-12-20)28(26(31)24-9-5-6-10-25(24)27(28)32)30-17-15-29(16-18-30)19-22-8-4-3-7-21(22)2/h3-14H,15-19H2,1-2H3. The molecule has 1 saturated heterocycles. The van der Waals surface area contributed by atoms with Crippen molar-refractivity contribution in [3.05, 3.63) is 106 Å². The van der Waals surface area contributed by atoms with Gasteiger partial charge < -0.3 is 0 Å². The van der Waals surface area contributed by atoms with Crippen LogP contribution >= 0.6 is 0 Å². The molecule has 0 aromatic heterocycles. The van der Waals surface area contributed by atoms with Crippen molar-refractivity contribution in [1.29, 1.82) is 0 Å². The molecule has 1 heterocycles. The van der Waals surface area contributed by atoms with Crippen molar-refractivity contribution in [1.82, 2.24) is 9.80 Å². The summed E-state index contributed by atoms with van der Waals surface area (Å²) >= 11 is 0. The number of carbonyl (C=O) groups excluding carboxylic acids is 2. The highest BCUT2D eigenvalue weighted by molar-refractivity contribution is 6.32. The highest BCUT2D eigenvalue weighted by Gasteiger charge is 2.58. The molecule has 0 bridgehead atoms. The van der Waals surface area contributed by atoms with Crippen LogP contribution in [-0.2, 0) is 12.1 Å². The Morgan fingerprint density at radius 3 is 1.88 bits per heavy atom. The normalized spacial score (nSPS) is 18.7. The molecule has 3 aromatic carbocycles. The number of piperazine rings is 1. The van der Waals surface area contributed by atoms with E-state index >= 15 is 0 Å². The lowest BCUT2D eigenvalue weighted by molar-refractivity contribution is 0.0279. The molecule has 3 aromatic rings. The molecule has 2 aliphatic rings. The van der Waals surface area contributed by atoms with Gasteiger partial charge in [0, 0.05) is 43.9 Å². The summed E-state index contributed by atoms with van der Waals surface area (Å²) in [5.41, 5.74) is 4.34. The fourth-order valence-corrected chi connectivity index (χ4v) is 5.17. The van der Waals surface area contributed by atoms with Crippen LogP contribution in [0.1, 0.15) is 43.0 Å². The zero-order valence-electron chi connectivity index (χ0n) is 18.7. The Morgan fingerprint density at radius 2 is 1.28 bits per heavy atom. The minimum atomic E-state index is -1.26. The van der Waals surface area contributed by atoms with Crippen LogP contribution < -0.4 is 0 Å². The van der Waals surface area contributed by atoms with E-state index in [0.717, 1.165) is 30.8 Å². The van der Waals surface area contributed by atoms with E-state index in [4.69, 9.17) is 0 Å². The molecule has 0 amide bonds. The van der Waals surface area contributed by atoms with Crippen molar-refractivity contribution in [2.75, 3.05) is 26.2 Å². The highest BCUT2D eigenvalue weighted by Crippen LogP contribution is 2.43. The smallest absolute Gasteiger partial charge is 0.196 e. The molecule has 0 atom stereocenters. The fourth-order valence-electron chi connectivity index (χ4n) is 5.17. The van der Waals surface area contributed by atoms with Crippen molar-refractivity contribution in [2.24, 2.45) is 0 Å². The topological polar surface area (TPSA) is 40.6 Å². The van der Waals surface area contributed by atoms with Crippen LogP contribution in [0.4, 0.5) is 0 Å². The van der Waals surface area contributed by atoms with E-state index in [1.165, 1.54) is 11.1 Å². The zero-order chi connectivity index (χ0) is 22.3. The van der Waals surface area contributed by atoms with E-state index < -0.39 is 5.54 Å². The van der Waals surface area contributed by atoms with Gasteiger partial charge in [0.1, 0.15) is 0 Å². The zero-order valence-corrected chi connectivity index (χ0v) is 18.7. The first-order valence-electron chi connectivity index (χ1n) is 11.3. The molecule has 162 valence electrons. The maximum absolute atomic E-state index is 13.9. The van der Waals surface area contributed by atoms with Gasteiger partial charge in [-0.3, -0.25) is 19.4 Å². The first-order valence-corrected chi connectivity index (χ1v) is 11.3. The number of nitrogens with zero attached hydrogens (tertiary/aromatic N) is 2. The van der Waals surface area contributed by atoms with Gasteiger partial charge in [-0.25, -0.2) is 0 Å². The Hall–Kier alpha value is -3.08. The second-order valence-electron chi connectivity index (χ2n) is 8.97. The summed E-state index contributed by atoms with van der Waals surface area (Å²) in [6.07, 6.45) is 0. The number of Topliss-reactive ketones (excluding diaryl/α,β-unsaturated/α-hetero) is 2. The molecule has 0 saturated carbocycles. The van der Waals surface area contributed by atoms with Crippen molar-refractivity contribution in [2.45, 2.75) is 25.9 Å². The van der Waals surface area contributed by atoms with E-state index in [9.17, 15) is 9.59 Å². The SMILES string of the molecule is Cc1ccc(C2(N3CCN(Cc4ccccc4C)CC3)C(=O)c3ccccc3C2=O)cc1. The molecule has 0 N–H and O–H groups in total. The molecule has 1 fully saturated rings. The van der Waals surface area contributed by atoms with Crippen LogP contribution in [-0.4, -0.2) is 47.5 Å². The number of benzene rings is 3. The Kier molecular flexibility index (Phi) is 5.28. The lowest BCUT2D eigenvalue weighted by Gasteiger charge is -2.44. The van der Waals surface area contributed by atoms with Crippen molar-refractivity contribution >= 4 is 11.6 Å². The number of hydrogen-bond acceptors (Lipinski definition) is 4. The predicted octanol–water partition coefficient (Wildman–Crippen LogP) is 4.40. The van der Waals surface area contributed by atoms with Gasteiger partial charge in [0.15, 0.2) is 17.1 Å². The van der Waals surface area contributed by atoms with Gasteiger partial charge >= 0.3 is 0 Å². The summed E-state index contributed by atoms with van der Waals surface area (Å²) in [6.45, 7) is 8.03. The number of aryl methyl sites for hydroxylation is 2. The first kappa shape index (κ1) is 20.8. The Morgan fingerprint density at radius 1 is 0.719 bits per heavy atom. The largest absolute Gasteiger partial charge is 0.297 e. The van der Waals surface area contributed by atoms with E-state index in [0.29, 0.717) is 24.2 Å². The van der Waals surface area contributed by atoms with Gasteiger partial charge in [-0.15, -0.1) is 0 Å². The van der Waals surface area contributed by atoms with E-state index in [1.54, 1.807) is 12.1 Å². The minimum Gasteiger partial charge on any atom is -0.297 e. The molecule has 32 heavy (non-hydrogen) atoms. The minimum absolute atomic E-state index is 0.0886. The average Bonchev–Trinajstić information content (AvgIpc) is 3.04. The molecule has 0 unspecified atom stereocenters. The Labute approximate surface area is 189 Å². The molecule has 1 aliphatic heterocycles. The van der Waals surface area contributed by atoms with Gasteiger partial charge in [0.2, 0.25) is 0 Å². The summed E-state index contributed by atoms with van der Waals surface area (Å²) in [6, 6.07) is 23.6. The number of hydrogen-bond donors (Lipinski definition) is 0. The van der Waals surface area contributed by atoms with E-state index in [1.807, 2.05) is 43.3 Å². The van der Waals surface area contributed by atoms with Crippen molar-refractivity contribution in [3.63, 3.8) is 0 Å². The second-order valence-corrected chi connectivity index (χ2v) is 8.97. The maximum atomic E-state index is 13.9. The Balaban J connectivity index is 1.47. The third-order valence-corrected chi connectivity index (χ3v) is 7.04. The lowest BCUT2D eigenvalue weighted by atomic mass is 9.82. The number of carbonyl (C=O) groups is 2. The summed E-state index contributed by atoms with van der Waals surface area (Å²) < 4.78 is 0. The summed E-state index contributed by atoms with van der Waals surface area (Å²) in [5, 5.41) is 0. The molecule has 0 spiro atoms. The van der Waals surface area contributed by atoms with Crippen LogP contribution in [0.3, 0.4) is 0 Å². The molecular formula is C28H28N2O2. The van der Waals surface area contributed by atoms with Gasteiger partial charge in [0.05, 0.1) is 0 Å². The molecule has 1 aliphatic carbocycles. The lowest BCUT2D eigenvalue weighted by Crippen LogP contribution is -2.60. The first-order chi connectivity index (χ1) is 15.5. The van der Waals surface area contributed by atoms with Gasteiger partial charge in [-0.05, 0) is 30.5 Å². The second kappa shape index (κ2) is 8.12. The number of rotatable bonds is 4. The quantitative estimate of drug-likeness (QED) is 0.582. The molecule has 0 radical (unpaired) electrons. The van der Waals surface area contributed by atoms with Crippen LogP contribution in [0.15, 0.2) is 72.8 Å². The summed E-state index contributed by atoms with van der Waals surface area (Å²) in [4.78, 5) is 32.2. The third-order valence-electron chi connectivity index (χ3n) is 7.04. The fraction of sp³-hybridized carbons (Fsp3) is 0.286. The Bertz CT molecular complexity index is 1140. The maximum Gasteiger partial charge on any atom is 0.196 e. The highest BCUT2D eigenvalue weighted by atomic mass is 16.2. The number of ketones is 2. The van der Waals surface area contributed by atoms with Crippen LogP contribution in [0, 0.1) is 13.8 Å². The molecular weight excluding hydrogens is 396 g/mol. The van der Waals surface area contributed by atoms with Crippen molar-refractivity contribution in [3.8, 4) is 0 Å². The summed E-state index contributed by atoms with van der Waals surface area (Å²) in [5.74, 6) is -0.177. The van der Waals surface area contributed by atoms with Crippen LogP contribution in [0.25, 0.3) is 0 Å². The van der Waals surface area contributed by atoms with E-state index in [2.05, 4.69) is 41.0 Å².